The number of nitrogens with zero attached hydrogens (tertiary/aromatic N) is 2. The van der Waals surface area contributed by atoms with Crippen molar-refractivity contribution in [3.05, 3.63) is 34.3 Å². The van der Waals surface area contributed by atoms with Crippen LogP contribution in [0.4, 0.5) is 0 Å². The zero-order valence-corrected chi connectivity index (χ0v) is 12.1. The minimum atomic E-state index is -0.462. The lowest BCUT2D eigenvalue weighted by Crippen LogP contribution is -2.46. The number of nitrogens with two attached hydrogens (primary N) is 1. The van der Waals surface area contributed by atoms with Crippen molar-refractivity contribution in [2.75, 3.05) is 39.3 Å². The van der Waals surface area contributed by atoms with E-state index in [1.165, 1.54) is 0 Å². The topological polar surface area (TPSA) is 69.8 Å². The molecule has 0 aromatic heterocycles. The molecule has 110 valence electrons. The molecule has 0 saturated carbocycles. The quantitative estimate of drug-likeness (QED) is 0.833. The molecule has 1 amide bonds. The minimum Gasteiger partial charge on any atom is -0.395 e. The van der Waals surface area contributed by atoms with Crippen LogP contribution < -0.4 is 5.73 Å². The Hall–Kier alpha value is -1.14. The molecule has 1 saturated heterocycles. The maximum atomic E-state index is 11.1. The van der Waals surface area contributed by atoms with Crippen LogP contribution in [0.2, 0.25) is 5.02 Å². The molecule has 0 unspecified atom stereocenters. The van der Waals surface area contributed by atoms with Gasteiger partial charge in [-0.15, -0.1) is 0 Å². The van der Waals surface area contributed by atoms with Gasteiger partial charge in [0.1, 0.15) is 0 Å². The van der Waals surface area contributed by atoms with Gasteiger partial charge in [0.2, 0.25) is 5.91 Å². The largest absolute Gasteiger partial charge is 0.395 e. The maximum absolute atomic E-state index is 11.1. The van der Waals surface area contributed by atoms with E-state index in [1.807, 2.05) is 6.07 Å². The number of carbonyl (C=O) groups is 1. The van der Waals surface area contributed by atoms with Crippen LogP contribution in [0.3, 0.4) is 0 Å². The number of amides is 1. The number of rotatable bonds is 5. The van der Waals surface area contributed by atoms with Gasteiger partial charge in [0, 0.05) is 49.9 Å². The van der Waals surface area contributed by atoms with Crippen molar-refractivity contribution in [3.8, 4) is 0 Å². The summed E-state index contributed by atoms with van der Waals surface area (Å²) in [5.74, 6) is -0.462. The van der Waals surface area contributed by atoms with Gasteiger partial charge in [0.25, 0.3) is 0 Å². The van der Waals surface area contributed by atoms with Crippen LogP contribution in [0.15, 0.2) is 18.2 Å². The number of halogens is 1. The standard InChI is InChI=1S/C14H20ClN3O2/c15-13-9-11(14(16)20)1-2-12(13)10-18-5-3-17(4-6-18)7-8-19/h1-2,9,19H,3-8,10H2,(H2,16,20). The van der Waals surface area contributed by atoms with Crippen molar-refractivity contribution < 1.29 is 9.90 Å². The first kappa shape index (κ1) is 15.3. The van der Waals surface area contributed by atoms with Gasteiger partial charge in [-0.25, -0.2) is 0 Å². The Labute approximate surface area is 123 Å². The summed E-state index contributed by atoms with van der Waals surface area (Å²) in [5, 5.41) is 9.50. The second kappa shape index (κ2) is 7.04. The third-order valence-electron chi connectivity index (χ3n) is 3.61. The Morgan fingerprint density at radius 3 is 2.45 bits per heavy atom. The lowest BCUT2D eigenvalue weighted by Gasteiger charge is -2.34. The lowest BCUT2D eigenvalue weighted by molar-refractivity contribution is 0.1000. The van der Waals surface area contributed by atoms with Gasteiger partial charge in [-0.2, -0.15) is 0 Å². The highest BCUT2D eigenvalue weighted by Crippen LogP contribution is 2.20. The average Bonchev–Trinajstić information content (AvgIpc) is 2.43. The number of piperazine rings is 1. The van der Waals surface area contributed by atoms with Crippen molar-refractivity contribution in [3.63, 3.8) is 0 Å². The van der Waals surface area contributed by atoms with Gasteiger partial charge >= 0.3 is 0 Å². The van der Waals surface area contributed by atoms with Crippen molar-refractivity contribution in [2.45, 2.75) is 6.54 Å². The first-order valence-electron chi connectivity index (χ1n) is 6.74. The third-order valence-corrected chi connectivity index (χ3v) is 3.96. The predicted octanol–water partition coefficient (Wildman–Crippen LogP) is 0.549. The summed E-state index contributed by atoms with van der Waals surface area (Å²) in [7, 11) is 0. The van der Waals surface area contributed by atoms with E-state index in [2.05, 4.69) is 9.80 Å². The number of aliphatic hydroxyl groups is 1. The van der Waals surface area contributed by atoms with Gasteiger partial charge in [0.15, 0.2) is 0 Å². The van der Waals surface area contributed by atoms with Crippen LogP contribution in [0.5, 0.6) is 0 Å². The smallest absolute Gasteiger partial charge is 0.248 e. The molecule has 1 aliphatic rings. The number of aliphatic hydroxyl groups excluding tert-OH is 1. The fraction of sp³-hybridized carbons (Fsp3) is 0.500. The zero-order chi connectivity index (χ0) is 14.5. The van der Waals surface area contributed by atoms with E-state index < -0.39 is 5.91 Å². The summed E-state index contributed by atoms with van der Waals surface area (Å²) in [6, 6.07) is 5.20. The first-order chi connectivity index (χ1) is 9.60. The van der Waals surface area contributed by atoms with E-state index in [4.69, 9.17) is 22.4 Å². The number of hydrogen-bond acceptors (Lipinski definition) is 4. The second-order valence-electron chi connectivity index (χ2n) is 5.01. The molecule has 1 aliphatic heterocycles. The fourth-order valence-electron chi connectivity index (χ4n) is 2.38. The number of benzene rings is 1. The van der Waals surface area contributed by atoms with Crippen LogP contribution in [0.25, 0.3) is 0 Å². The van der Waals surface area contributed by atoms with Crippen molar-refractivity contribution >= 4 is 17.5 Å². The Bertz CT molecular complexity index is 473. The molecule has 5 nitrogen and oxygen atoms in total. The Balaban J connectivity index is 1.93. The van der Waals surface area contributed by atoms with Crippen molar-refractivity contribution in [2.24, 2.45) is 5.73 Å². The summed E-state index contributed by atoms with van der Waals surface area (Å²) in [6.45, 7) is 5.53. The molecule has 0 spiro atoms. The van der Waals surface area contributed by atoms with Gasteiger partial charge in [-0.3, -0.25) is 14.6 Å². The molecule has 0 aliphatic carbocycles. The Morgan fingerprint density at radius 2 is 1.90 bits per heavy atom. The second-order valence-corrected chi connectivity index (χ2v) is 5.42. The minimum absolute atomic E-state index is 0.209. The number of carbonyl (C=O) groups excluding carboxylic acids is 1. The van der Waals surface area contributed by atoms with Gasteiger partial charge in [-0.05, 0) is 17.7 Å². The lowest BCUT2D eigenvalue weighted by atomic mass is 10.1. The molecular formula is C14H20ClN3O2. The molecule has 0 radical (unpaired) electrons. The summed E-state index contributed by atoms with van der Waals surface area (Å²) in [5.41, 5.74) is 6.67. The third kappa shape index (κ3) is 3.93. The first-order valence-corrected chi connectivity index (χ1v) is 7.11. The van der Waals surface area contributed by atoms with Crippen molar-refractivity contribution in [1.29, 1.82) is 0 Å². The van der Waals surface area contributed by atoms with Gasteiger partial charge < -0.3 is 10.8 Å². The summed E-state index contributed by atoms with van der Waals surface area (Å²) in [6.07, 6.45) is 0. The molecular weight excluding hydrogens is 278 g/mol. The summed E-state index contributed by atoms with van der Waals surface area (Å²) in [4.78, 5) is 15.6. The van der Waals surface area contributed by atoms with Crippen LogP contribution in [0.1, 0.15) is 15.9 Å². The average molecular weight is 298 g/mol. The number of β-amino-alcohol motifs (C(OH)–C–C–N with tert-alkyl or cyclic N) is 1. The fourth-order valence-corrected chi connectivity index (χ4v) is 2.62. The van der Waals surface area contributed by atoms with E-state index in [0.29, 0.717) is 10.6 Å². The van der Waals surface area contributed by atoms with E-state index in [0.717, 1.165) is 44.8 Å². The summed E-state index contributed by atoms with van der Waals surface area (Å²) >= 11 is 6.19. The van der Waals surface area contributed by atoms with Crippen molar-refractivity contribution in [1.82, 2.24) is 9.80 Å². The Morgan fingerprint density at radius 1 is 1.25 bits per heavy atom. The predicted molar refractivity (Wildman–Crippen MR) is 78.8 cm³/mol. The van der Waals surface area contributed by atoms with Gasteiger partial charge in [0.05, 0.1) is 6.61 Å². The van der Waals surface area contributed by atoms with Crippen LogP contribution in [-0.4, -0.2) is 60.1 Å². The molecule has 0 bridgehead atoms. The highest BCUT2D eigenvalue weighted by atomic mass is 35.5. The molecule has 1 fully saturated rings. The molecule has 3 N–H and O–H groups in total. The highest BCUT2D eigenvalue weighted by molar-refractivity contribution is 6.31. The molecule has 1 heterocycles. The molecule has 20 heavy (non-hydrogen) atoms. The monoisotopic (exact) mass is 297 g/mol. The maximum Gasteiger partial charge on any atom is 0.248 e. The van der Waals surface area contributed by atoms with Crippen LogP contribution in [-0.2, 0) is 6.54 Å². The zero-order valence-electron chi connectivity index (χ0n) is 11.4. The van der Waals surface area contributed by atoms with E-state index in [9.17, 15) is 4.79 Å². The van der Waals surface area contributed by atoms with Crippen LogP contribution in [0, 0.1) is 0 Å². The summed E-state index contributed by atoms with van der Waals surface area (Å²) < 4.78 is 0. The highest BCUT2D eigenvalue weighted by Gasteiger charge is 2.17. The molecule has 2 rings (SSSR count). The molecule has 1 aromatic rings. The normalized spacial score (nSPS) is 17.3. The Kier molecular flexibility index (Phi) is 5.37. The number of primary amides is 1. The molecule has 1 aromatic carbocycles. The van der Waals surface area contributed by atoms with E-state index >= 15 is 0 Å². The van der Waals surface area contributed by atoms with E-state index in [1.54, 1.807) is 12.1 Å². The van der Waals surface area contributed by atoms with Gasteiger partial charge in [-0.1, -0.05) is 17.7 Å². The number of hydrogen-bond donors (Lipinski definition) is 2. The van der Waals surface area contributed by atoms with Crippen LogP contribution >= 0.6 is 11.6 Å². The molecule has 6 heteroatoms. The molecule has 0 atom stereocenters. The van der Waals surface area contributed by atoms with E-state index in [-0.39, 0.29) is 6.61 Å². The SMILES string of the molecule is NC(=O)c1ccc(CN2CCN(CCO)CC2)c(Cl)c1.